The first-order valence-electron chi connectivity index (χ1n) is 7.81. The van der Waals surface area contributed by atoms with Crippen LogP contribution in [0.2, 0.25) is 0 Å². The molecule has 1 aromatic carbocycles. The van der Waals surface area contributed by atoms with E-state index in [-0.39, 0.29) is 24.1 Å². The van der Waals surface area contributed by atoms with E-state index in [2.05, 4.69) is 10.6 Å². The number of hydrogen-bond acceptors (Lipinski definition) is 4. The maximum Gasteiger partial charge on any atom is 0.259 e. The molecule has 118 valence electrons. The van der Waals surface area contributed by atoms with Gasteiger partial charge in [0.25, 0.3) is 5.91 Å². The summed E-state index contributed by atoms with van der Waals surface area (Å²) in [5.74, 6) is -0.801. The molecule has 0 bridgehead atoms. The van der Waals surface area contributed by atoms with Gasteiger partial charge in [0.15, 0.2) is 0 Å². The lowest BCUT2D eigenvalue weighted by molar-refractivity contribution is -0.136. The average Bonchev–Trinajstić information content (AvgIpc) is 3.33. The van der Waals surface area contributed by atoms with Crippen molar-refractivity contribution in [1.82, 2.24) is 10.2 Å². The van der Waals surface area contributed by atoms with Crippen LogP contribution >= 0.6 is 0 Å². The number of allylic oxidation sites excluding steroid dienone is 1. The monoisotopic (exact) mass is 311 g/mol. The summed E-state index contributed by atoms with van der Waals surface area (Å²) in [5.41, 5.74) is 4.46. The highest BCUT2D eigenvalue weighted by molar-refractivity contribution is 6.14. The van der Waals surface area contributed by atoms with Gasteiger partial charge in [-0.25, -0.2) is 0 Å². The van der Waals surface area contributed by atoms with Gasteiger partial charge in [-0.1, -0.05) is 6.07 Å². The van der Waals surface area contributed by atoms with E-state index in [1.807, 2.05) is 18.2 Å². The number of fused-ring (bicyclic) bond motifs is 1. The maximum absolute atomic E-state index is 12.9. The summed E-state index contributed by atoms with van der Waals surface area (Å²) < 4.78 is 0. The smallest absolute Gasteiger partial charge is 0.259 e. The van der Waals surface area contributed by atoms with E-state index in [1.165, 1.54) is 5.57 Å². The Hall–Kier alpha value is -2.63. The second-order valence-electron chi connectivity index (χ2n) is 6.10. The molecule has 0 aromatic heterocycles. The Balaban J connectivity index is 1.79. The van der Waals surface area contributed by atoms with Crippen molar-refractivity contribution >= 4 is 29.1 Å². The van der Waals surface area contributed by atoms with Gasteiger partial charge in [-0.3, -0.25) is 24.6 Å². The zero-order valence-electron chi connectivity index (χ0n) is 12.8. The number of hydrogen-bond donors (Lipinski definition) is 2. The fourth-order valence-corrected chi connectivity index (χ4v) is 3.33. The lowest BCUT2D eigenvalue weighted by atomic mass is 10.0. The molecule has 1 aliphatic carbocycles. The predicted octanol–water partition coefficient (Wildman–Crippen LogP) is 1.49. The second-order valence-corrected chi connectivity index (χ2v) is 6.10. The molecule has 2 heterocycles. The largest absolute Gasteiger partial charge is 0.388 e. The normalized spacial score (nSPS) is 23.1. The van der Waals surface area contributed by atoms with Crippen molar-refractivity contribution in [3.05, 3.63) is 34.9 Å². The van der Waals surface area contributed by atoms with Gasteiger partial charge in [0, 0.05) is 24.7 Å². The number of anilines is 1. The number of carbonyl (C=O) groups is 3. The van der Waals surface area contributed by atoms with Gasteiger partial charge in [-0.15, -0.1) is 0 Å². The Labute approximate surface area is 133 Å². The van der Waals surface area contributed by atoms with E-state index < -0.39 is 6.04 Å². The number of carbonyl (C=O) groups excluding carboxylic acids is 3. The van der Waals surface area contributed by atoms with Gasteiger partial charge >= 0.3 is 0 Å². The summed E-state index contributed by atoms with van der Waals surface area (Å²) >= 11 is 0. The van der Waals surface area contributed by atoms with Crippen LogP contribution in [0.25, 0.3) is 5.70 Å². The maximum atomic E-state index is 12.9. The molecular formula is C17H17N3O3. The second kappa shape index (κ2) is 4.94. The molecular weight excluding hydrogens is 294 g/mol. The van der Waals surface area contributed by atoms with Crippen LogP contribution in [0.5, 0.6) is 0 Å². The molecule has 6 nitrogen and oxygen atoms in total. The molecule has 1 aromatic rings. The van der Waals surface area contributed by atoms with Crippen LogP contribution in [0, 0.1) is 0 Å². The summed E-state index contributed by atoms with van der Waals surface area (Å²) in [5, 5.41) is 5.38. The van der Waals surface area contributed by atoms with Crippen LogP contribution < -0.4 is 10.6 Å². The van der Waals surface area contributed by atoms with Crippen molar-refractivity contribution in [2.24, 2.45) is 0 Å². The quantitative estimate of drug-likeness (QED) is 0.811. The van der Waals surface area contributed by atoms with E-state index in [0.717, 1.165) is 29.8 Å². The molecule has 23 heavy (non-hydrogen) atoms. The average molecular weight is 311 g/mol. The Kier molecular flexibility index (Phi) is 3.01. The standard InChI is InChI=1S/C17H17N3O3/c1-18-10-4-5-11-12(8-10)17(23)20(15(11)9-2-3-9)13-6-7-14(21)19-16(13)22/h4-5,8,13,18H,2-3,6-7H2,1H3,(H,19,21,22). The number of nitrogens with one attached hydrogen (secondary N) is 2. The highest BCUT2D eigenvalue weighted by Gasteiger charge is 2.44. The van der Waals surface area contributed by atoms with Gasteiger partial charge in [0.1, 0.15) is 6.04 Å². The van der Waals surface area contributed by atoms with Crippen LogP contribution in [-0.4, -0.2) is 35.7 Å². The molecule has 0 spiro atoms. The van der Waals surface area contributed by atoms with Gasteiger partial charge in [-0.05, 0) is 37.0 Å². The van der Waals surface area contributed by atoms with Crippen LogP contribution in [0.15, 0.2) is 23.8 Å². The summed E-state index contributed by atoms with van der Waals surface area (Å²) in [6.45, 7) is 0. The summed E-state index contributed by atoms with van der Waals surface area (Å²) in [6, 6.07) is 5.09. The third-order valence-corrected chi connectivity index (χ3v) is 4.61. The number of imide groups is 1. The summed E-state index contributed by atoms with van der Waals surface area (Å²) in [7, 11) is 1.80. The van der Waals surface area contributed by atoms with Gasteiger partial charge in [0.05, 0.1) is 11.3 Å². The molecule has 1 saturated heterocycles. The number of benzene rings is 1. The van der Waals surface area contributed by atoms with E-state index >= 15 is 0 Å². The fourth-order valence-electron chi connectivity index (χ4n) is 3.33. The first kappa shape index (κ1) is 14.0. The molecule has 3 amide bonds. The van der Waals surface area contributed by atoms with Crippen LogP contribution in [0.3, 0.4) is 0 Å². The van der Waals surface area contributed by atoms with Gasteiger partial charge in [0.2, 0.25) is 11.8 Å². The van der Waals surface area contributed by atoms with Crippen molar-refractivity contribution in [2.75, 3.05) is 12.4 Å². The SMILES string of the molecule is CNc1ccc2c(c1)C(=O)N(C1CCC(=O)NC1=O)C2=C1CC1. The van der Waals surface area contributed by atoms with Crippen LogP contribution in [0.1, 0.15) is 41.6 Å². The molecule has 1 unspecified atom stereocenters. The third kappa shape index (κ3) is 2.13. The highest BCUT2D eigenvalue weighted by atomic mass is 16.2. The molecule has 6 heteroatoms. The van der Waals surface area contributed by atoms with E-state index in [4.69, 9.17) is 0 Å². The van der Waals surface area contributed by atoms with Crippen molar-refractivity contribution in [3.8, 4) is 0 Å². The fraction of sp³-hybridized carbons (Fsp3) is 0.353. The van der Waals surface area contributed by atoms with Crippen LogP contribution in [-0.2, 0) is 9.59 Å². The Morgan fingerprint density at radius 3 is 2.57 bits per heavy atom. The number of rotatable bonds is 2. The number of nitrogens with zero attached hydrogens (tertiary/aromatic N) is 1. The van der Waals surface area contributed by atoms with Gasteiger partial charge < -0.3 is 5.32 Å². The molecule has 2 N–H and O–H groups in total. The minimum atomic E-state index is -0.603. The lowest BCUT2D eigenvalue weighted by Crippen LogP contribution is -2.52. The number of piperidine rings is 1. The highest BCUT2D eigenvalue weighted by Crippen LogP contribution is 2.45. The van der Waals surface area contributed by atoms with Crippen molar-refractivity contribution < 1.29 is 14.4 Å². The minimum Gasteiger partial charge on any atom is -0.388 e. The molecule has 1 atom stereocenters. The Bertz CT molecular complexity index is 775. The van der Waals surface area contributed by atoms with Crippen LogP contribution in [0.4, 0.5) is 5.69 Å². The van der Waals surface area contributed by atoms with Crippen molar-refractivity contribution in [2.45, 2.75) is 31.7 Å². The lowest BCUT2D eigenvalue weighted by Gasteiger charge is -2.30. The zero-order chi connectivity index (χ0) is 16.1. The minimum absolute atomic E-state index is 0.152. The first-order valence-corrected chi connectivity index (χ1v) is 7.81. The number of amides is 3. The Morgan fingerprint density at radius 1 is 1.13 bits per heavy atom. The topological polar surface area (TPSA) is 78.5 Å². The van der Waals surface area contributed by atoms with E-state index in [1.54, 1.807) is 11.9 Å². The molecule has 4 rings (SSSR count). The summed E-state index contributed by atoms with van der Waals surface area (Å²) in [6.07, 6.45) is 2.56. The van der Waals surface area contributed by atoms with Gasteiger partial charge in [-0.2, -0.15) is 0 Å². The van der Waals surface area contributed by atoms with E-state index in [9.17, 15) is 14.4 Å². The molecule has 3 aliphatic rings. The predicted molar refractivity (Wildman–Crippen MR) is 84.5 cm³/mol. The molecule has 1 saturated carbocycles. The third-order valence-electron chi connectivity index (χ3n) is 4.61. The molecule has 2 aliphatic heterocycles. The molecule has 0 radical (unpaired) electrons. The van der Waals surface area contributed by atoms with Crippen molar-refractivity contribution in [1.29, 1.82) is 0 Å². The zero-order valence-corrected chi connectivity index (χ0v) is 12.8. The first-order chi connectivity index (χ1) is 11.1. The van der Waals surface area contributed by atoms with E-state index in [0.29, 0.717) is 12.0 Å². The Morgan fingerprint density at radius 2 is 1.91 bits per heavy atom. The summed E-state index contributed by atoms with van der Waals surface area (Å²) in [4.78, 5) is 38.2. The molecule has 2 fully saturated rings. The van der Waals surface area contributed by atoms with Crippen molar-refractivity contribution in [3.63, 3.8) is 0 Å².